The van der Waals surface area contributed by atoms with Gasteiger partial charge in [0, 0.05) is 32.5 Å². The highest BCUT2D eigenvalue weighted by molar-refractivity contribution is 5.48. The molecule has 2 rings (SSSR count). The smallest absolute Gasteiger partial charge is 0.0361 e. The van der Waals surface area contributed by atoms with E-state index in [9.17, 15) is 0 Å². The molecule has 0 saturated carbocycles. The maximum atomic E-state index is 3.13. The summed E-state index contributed by atoms with van der Waals surface area (Å²) in [6.07, 6.45) is 0.984. The summed E-state index contributed by atoms with van der Waals surface area (Å²) < 4.78 is 0. The minimum Gasteiger partial charge on any atom is -0.388 e. The lowest BCUT2D eigenvalue weighted by Gasteiger charge is -2.12. The van der Waals surface area contributed by atoms with Crippen molar-refractivity contribution in [2.24, 2.45) is 0 Å². The van der Waals surface area contributed by atoms with Gasteiger partial charge < -0.3 is 10.2 Å². The Morgan fingerprint density at radius 3 is 1.78 bits per heavy atom. The van der Waals surface area contributed by atoms with Crippen LogP contribution >= 0.6 is 0 Å². The summed E-state index contributed by atoms with van der Waals surface area (Å²) in [6, 6.07) is 17.3. The van der Waals surface area contributed by atoms with E-state index in [1.165, 1.54) is 16.8 Å². The highest BCUT2D eigenvalue weighted by Gasteiger charge is 1.98. The molecule has 94 valence electrons. The van der Waals surface area contributed by atoms with Gasteiger partial charge in [-0.05, 0) is 41.8 Å². The molecule has 2 heteroatoms. The van der Waals surface area contributed by atoms with E-state index in [0.717, 1.165) is 12.1 Å². The number of hydrogen-bond acceptors (Lipinski definition) is 2. The van der Waals surface area contributed by atoms with Crippen LogP contribution in [0.4, 0.5) is 11.4 Å². The van der Waals surface area contributed by atoms with Crippen molar-refractivity contribution in [3.63, 3.8) is 0 Å². The number of anilines is 2. The minimum atomic E-state index is 0.984. The van der Waals surface area contributed by atoms with E-state index < -0.39 is 0 Å². The number of nitrogens with zero attached hydrogens (tertiary/aromatic N) is 1. The average molecular weight is 240 g/mol. The van der Waals surface area contributed by atoms with Gasteiger partial charge >= 0.3 is 0 Å². The Hall–Kier alpha value is -1.96. The van der Waals surface area contributed by atoms with Gasteiger partial charge in [-0.25, -0.2) is 0 Å². The molecule has 0 saturated heterocycles. The van der Waals surface area contributed by atoms with E-state index >= 15 is 0 Å². The van der Waals surface area contributed by atoms with E-state index in [2.05, 4.69) is 72.8 Å². The first-order chi connectivity index (χ1) is 8.69. The molecule has 2 aromatic rings. The van der Waals surface area contributed by atoms with E-state index in [4.69, 9.17) is 0 Å². The van der Waals surface area contributed by atoms with Gasteiger partial charge in [-0.3, -0.25) is 0 Å². The van der Waals surface area contributed by atoms with Gasteiger partial charge in [0.25, 0.3) is 0 Å². The SMILES string of the molecule is CNc1ccc(Cc2ccc(N(C)C)cc2)cc1. The summed E-state index contributed by atoms with van der Waals surface area (Å²) in [5.74, 6) is 0. The zero-order valence-electron chi connectivity index (χ0n) is 11.3. The summed E-state index contributed by atoms with van der Waals surface area (Å²) in [5, 5.41) is 3.13. The van der Waals surface area contributed by atoms with Crippen molar-refractivity contribution in [2.75, 3.05) is 31.4 Å². The molecule has 1 N–H and O–H groups in total. The molecule has 0 bridgehead atoms. The lowest BCUT2D eigenvalue weighted by atomic mass is 10.0. The van der Waals surface area contributed by atoms with Crippen LogP contribution in [0.5, 0.6) is 0 Å². The van der Waals surface area contributed by atoms with Crippen LogP contribution < -0.4 is 10.2 Å². The molecule has 0 aliphatic heterocycles. The Morgan fingerprint density at radius 2 is 1.33 bits per heavy atom. The number of nitrogens with one attached hydrogen (secondary N) is 1. The fraction of sp³-hybridized carbons (Fsp3) is 0.250. The molecule has 2 nitrogen and oxygen atoms in total. The largest absolute Gasteiger partial charge is 0.388 e. The fourth-order valence-electron chi connectivity index (χ4n) is 1.94. The zero-order chi connectivity index (χ0) is 13.0. The van der Waals surface area contributed by atoms with Gasteiger partial charge in [0.05, 0.1) is 0 Å². The first kappa shape index (κ1) is 12.5. The molecule has 0 radical (unpaired) electrons. The molecule has 0 aliphatic carbocycles. The highest BCUT2D eigenvalue weighted by atomic mass is 15.1. The predicted octanol–water partition coefficient (Wildman–Crippen LogP) is 3.39. The van der Waals surface area contributed by atoms with Crippen molar-refractivity contribution in [1.29, 1.82) is 0 Å². The second kappa shape index (κ2) is 5.58. The second-order valence-electron chi connectivity index (χ2n) is 4.68. The van der Waals surface area contributed by atoms with E-state index in [0.29, 0.717) is 0 Å². The third-order valence-corrected chi connectivity index (χ3v) is 3.10. The standard InChI is InChI=1S/C16H20N2/c1-17-15-8-4-13(5-9-15)12-14-6-10-16(11-7-14)18(2)3/h4-11,17H,12H2,1-3H3. The van der Waals surface area contributed by atoms with Crippen LogP contribution in [-0.2, 0) is 6.42 Å². The zero-order valence-corrected chi connectivity index (χ0v) is 11.3. The molecule has 0 amide bonds. The van der Waals surface area contributed by atoms with Crippen LogP contribution in [0.1, 0.15) is 11.1 Å². The maximum absolute atomic E-state index is 3.13. The van der Waals surface area contributed by atoms with Crippen molar-refractivity contribution in [2.45, 2.75) is 6.42 Å². The first-order valence-electron chi connectivity index (χ1n) is 6.22. The fourth-order valence-corrected chi connectivity index (χ4v) is 1.94. The quantitative estimate of drug-likeness (QED) is 0.881. The van der Waals surface area contributed by atoms with Crippen LogP contribution in [0.2, 0.25) is 0 Å². The normalized spacial score (nSPS) is 10.2. The van der Waals surface area contributed by atoms with Crippen molar-refractivity contribution >= 4 is 11.4 Å². The Balaban J connectivity index is 2.08. The summed E-state index contributed by atoms with van der Waals surface area (Å²) in [6.45, 7) is 0. The predicted molar refractivity (Wildman–Crippen MR) is 79.6 cm³/mol. The number of benzene rings is 2. The molecule has 0 atom stereocenters. The Labute approximate surface area is 109 Å². The van der Waals surface area contributed by atoms with Crippen molar-refractivity contribution in [3.05, 3.63) is 59.7 Å². The lowest BCUT2D eigenvalue weighted by Crippen LogP contribution is -2.08. The van der Waals surface area contributed by atoms with E-state index in [1.54, 1.807) is 0 Å². The third kappa shape index (κ3) is 3.04. The van der Waals surface area contributed by atoms with Crippen LogP contribution in [0.25, 0.3) is 0 Å². The third-order valence-electron chi connectivity index (χ3n) is 3.10. The van der Waals surface area contributed by atoms with Gasteiger partial charge in [0.1, 0.15) is 0 Å². The molecule has 18 heavy (non-hydrogen) atoms. The van der Waals surface area contributed by atoms with E-state index in [-0.39, 0.29) is 0 Å². The molecule has 0 spiro atoms. The van der Waals surface area contributed by atoms with E-state index in [1.807, 2.05) is 7.05 Å². The summed E-state index contributed by atoms with van der Waals surface area (Å²) >= 11 is 0. The van der Waals surface area contributed by atoms with Gasteiger partial charge in [0.2, 0.25) is 0 Å². The lowest BCUT2D eigenvalue weighted by molar-refractivity contribution is 1.12. The van der Waals surface area contributed by atoms with Crippen LogP contribution in [0, 0.1) is 0 Å². The molecule has 0 aromatic heterocycles. The van der Waals surface area contributed by atoms with Gasteiger partial charge in [0.15, 0.2) is 0 Å². The molecule has 0 unspecified atom stereocenters. The van der Waals surface area contributed by atoms with Crippen LogP contribution in [-0.4, -0.2) is 21.1 Å². The molecule has 0 aliphatic rings. The molecular weight excluding hydrogens is 220 g/mol. The Morgan fingerprint density at radius 1 is 0.833 bits per heavy atom. The first-order valence-corrected chi connectivity index (χ1v) is 6.22. The van der Waals surface area contributed by atoms with Crippen molar-refractivity contribution < 1.29 is 0 Å². The molecule has 0 heterocycles. The van der Waals surface area contributed by atoms with Gasteiger partial charge in [-0.1, -0.05) is 24.3 Å². The molecular formula is C16H20N2. The highest BCUT2D eigenvalue weighted by Crippen LogP contribution is 2.16. The number of hydrogen-bond donors (Lipinski definition) is 1. The molecule has 0 fully saturated rings. The van der Waals surface area contributed by atoms with Crippen molar-refractivity contribution in [3.8, 4) is 0 Å². The van der Waals surface area contributed by atoms with Gasteiger partial charge in [-0.2, -0.15) is 0 Å². The van der Waals surface area contributed by atoms with Crippen LogP contribution in [0.15, 0.2) is 48.5 Å². The summed E-state index contributed by atoms with van der Waals surface area (Å²) in [5.41, 5.74) is 5.08. The Bertz CT molecular complexity index is 484. The number of rotatable bonds is 4. The van der Waals surface area contributed by atoms with Crippen LogP contribution in [0.3, 0.4) is 0 Å². The van der Waals surface area contributed by atoms with Crippen molar-refractivity contribution in [1.82, 2.24) is 0 Å². The summed E-state index contributed by atoms with van der Waals surface area (Å²) in [4.78, 5) is 2.12. The Kier molecular flexibility index (Phi) is 3.88. The monoisotopic (exact) mass is 240 g/mol. The topological polar surface area (TPSA) is 15.3 Å². The second-order valence-corrected chi connectivity index (χ2v) is 4.68. The average Bonchev–Trinajstić information content (AvgIpc) is 2.40. The molecule has 2 aromatic carbocycles. The summed E-state index contributed by atoms with van der Waals surface area (Å²) in [7, 11) is 6.06. The van der Waals surface area contributed by atoms with Gasteiger partial charge in [-0.15, -0.1) is 0 Å². The maximum Gasteiger partial charge on any atom is 0.0361 e. The minimum absolute atomic E-state index is 0.984.